The largest absolute Gasteiger partial charge is 0.462 e. The highest BCUT2D eigenvalue weighted by Gasteiger charge is 2.19. The average Bonchev–Trinajstić information content (AvgIpc) is 3.46. The number of allylic oxidation sites excluding steroid dienone is 4. The van der Waals surface area contributed by atoms with Crippen molar-refractivity contribution in [2.75, 3.05) is 13.2 Å². The van der Waals surface area contributed by atoms with E-state index in [-0.39, 0.29) is 31.1 Å². The van der Waals surface area contributed by atoms with Crippen molar-refractivity contribution in [1.82, 2.24) is 0 Å². The van der Waals surface area contributed by atoms with Gasteiger partial charge >= 0.3 is 17.9 Å². The molecule has 0 radical (unpaired) electrons. The second kappa shape index (κ2) is 69.4. The van der Waals surface area contributed by atoms with Crippen LogP contribution >= 0.6 is 0 Å². The zero-order valence-electron chi connectivity index (χ0n) is 54.4. The number of unbranched alkanes of at least 4 members (excludes halogenated alkanes) is 53. The number of carbonyl (C=O) groups excluding carboxylic acids is 3. The van der Waals surface area contributed by atoms with Crippen LogP contribution in [0.3, 0.4) is 0 Å². The first kappa shape index (κ1) is 77.9. The van der Waals surface area contributed by atoms with Gasteiger partial charge in [-0.05, 0) is 51.4 Å². The van der Waals surface area contributed by atoms with Gasteiger partial charge in [0.1, 0.15) is 13.2 Å². The van der Waals surface area contributed by atoms with E-state index in [1.165, 1.54) is 308 Å². The minimum Gasteiger partial charge on any atom is -0.462 e. The third-order valence-corrected chi connectivity index (χ3v) is 16.7. The Kier molecular flexibility index (Phi) is 67.6. The van der Waals surface area contributed by atoms with Crippen LogP contribution in [0.5, 0.6) is 0 Å². The summed E-state index contributed by atoms with van der Waals surface area (Å²) in [6.07, 6.45) is 85.4. The fraction of sp³-hybridized carbons (Fsp3) is 0.905. The first-order valence-electron chi connectivity index (χ1n) is 36.3. The molecule has 0 saturated heterocycles. The van der Waals surface area contributed by atoms with E-state index in [0.717, 1.165) is 64.2 Å². The first-order chi connectivity index (χ1) is 39.5. The molecule has 0 bridgehead atoms. The fourth-order valence-corrected chi connectivity index (χ4v) is 11.2. The van der Waals surface area contributed by atoms with Crippen molar-refractivity contribution in [2.45, 2.75) is 419 Å². The molecule has 0 N–H and O–H groups in total. The Hall–Kier alpha value is -2.11. The number of ether oxygens (including phenoxy) is 3. The molecule has 0 aromatic rings. The lowest BCUT2D eigenvalue weighted by Gasteiger charge is -2.18. The molecule has 80 heavy (non-hydrogen) atoms. The quantitative estimate of drug-likeness (QED) is 0.0261. The molecule has 0 spiro atoms. The van der Waals surface area contributed by atoms with Gasteiger partial charge in [-0.25, -0.2) is 0 Å². The summed E-state index contributed by atoms with van der Waals surface area (Å²) in [5, 5.41) is 0. The maximum absolute atomic E-state index is 12.9. The predicted molar refractivity (Wildman–Crippen MR) is 349 cm³/mol. The third-order valence-electron chi connectivity index (χ3n) is 16.7. The number of carbonyl (C=O) groups is 3. The Balaban J connectivity index is 3.98. The summed E-state index contributed by atoms with van der Waals surface area (Å²) in [4.78, 5) is 38.2. The Morgan fingerprint density at radius 2 is 0.450 bits per heavy atom. The Morgan fingerprint density at radius 3 is 0.688 bits per heavy atom. The highest BCUT2D eigenvalue weighted by Crippen LogP contribution is 2.19. The number of hydrogen-bond acceptors (Lipinski definition) is 6. The summed E-state index contributed by atoms with van der Waals surface area (Å²) in [6, 6.07) is 0. The van der Waals surface area contributed by atoms with E-state index in [2.05, 4.69) is 45.1 Å². The van der Waals surface area contributed by atoms with Crippen molar-refractivity contribution < 1.29 is 28.6 Å². The van der Waals surface area contributed by atoms with Gasteiger partial charge in [0, 0.05) is 19.3 Å². The van der Waals surface area contributed by atoms with E-state index in [0.29, 0.717) is 19.3 Å². The highest BCUT2D eigenvalue weighted by molar-refractivity contribution is 5.71. The zero-order chi connectivity index (χ0) is 57.8. The molecular weight excluding hydrogens is 985 g/mol. The molecule has 6 nitrogen and oxygen atoms in total. The molecule has 1 atom stereocenters. The minimum absolute atomic E-state index is 0.0639. The maximum atomic E-state index is 12.9. The van der Waals surface area contributed by atoms with Crippen LogP contribution in [0, 0.1) is 0 Å². The fourth-order valence-electron chi connectivity index (χ4n) is 11.2. The summed E-state index contributed by atoms with van der Waals surface area (Å²) in [5.41, 5.74) is 0. The highest BCUT2D eigenvalue weighted by atomic mass is 16.6. The molecule has 0 aliphatic carbocycles. The van der Waals surface area contributed by atoms with E-state index in [9.17, 15) is 14.4 Å². The third kappa shape index (κ3) is 66.7. The van der Waals surface area contributed by atoms with E-state index in [1.807, 2.05) is 0 Å². The van der Waals surface area contributed by atoms with E-state index >= 15 is 0 Å². The first-order valence-corrected chi connectivity index (χ1v) is 36.3. The van der Waals surface area contributed by atoms with Gasteiger partial charge in [0.25, 0.3) is 0 Å². The lowest BCUT2D eigenvalue weighted by molar-refractivity contribution is -0.167. The van der Waals surface area contributed by atoms with Gasteiger partial charge in [0.15, 0.2) is 6.10 Å². The second-order valence-corrected chi connectivity index (χ2v) is 24.9. The van der Waals surface area contributed by atoms with E-state index in [4.69, 9.17) is 14.2 Å². The summed E-state index contributed by atoms with van der Waals surface area (Å²) < 4.78 is 16.9. The molecule has 472 valence electrons. The Bertz CT molecular complexity index is 1290. The minimum atomic E-state index is -0.764. The molecule has 0 fully saturated rings. The predicted octanol–water partition coefficient (Wildman–Crippen LogP) is 25.0. The molecule has 0 aromatic heterocycles. The molecule has 0 saturated carbocycles. The van der Waals surface area contributed by atoms with Gasteiger partial charge in [-0.15, -0.1) is 0 Å². The molecular formula is C74H140O6. The summed E-state index contributed by atoms with van der Waals surface area (Å²) in [6.45, 7) is 6.67. The van der Waals surface area contributed by atoms with Gasteiger partial charge in [-0.1, -0.05) is 366 Å². The molecule has 0 aliphatic rings. The van der Waals surface area contributed by atoms with Gasteiger partial charge in [0.05, 0.1) is 0 Å². The SMILES string of the molecule is CCCCCCC/C=C\C/C=C\CCCCCCCCCCCCCCCCCCCCCC(=O)OCC(COC(=O)CCCCCCCCC)OC(=O)CCCCCCCCCCCCCCCCCCCCCCCCCC. The van der Waals surface area contributed by atoms with E-state index in [1.54, 1.807) is 0 Å². The normalized spacial score (nSPS) is 12.1. The molecule has 0 rings (SSSR count). The van der Waals surface area contributed by atoms with Gasteiger partial charge in [0.2, 0.25) is 0 Å². The molecule has 1 unspecified atom stereocenters. The molecule has 0 aliphatic heterocycles. The van der Waals surface area contributed by atoms with Crippen molar-refractivity contribution in [3.05, 3.63) is 24.3 Å². The van der Waals surface area contributed by atoms with Gasteiger partial charge in [-0.3, -0.25) is 14.4 Å². The maximum Gasteiger partial charge on any atom is 0.306 e. The zero-order valence-corrected chi connectivity index (χ0v) is 54.4. The van der Waals surface area contributed by atoms with E-state index < -0.39 is 6.10 Å². The topological polar surface area (TPSA) is 78.9 Å². The average molecular weight is 1130 g/mol. The summed E-state index contributed by atoms with van der Waals surface area (Å²) >= 11 is 0. The van der Waals surface area contributed by atoms with Crippen LogP contribution in [0.4, 0.5) is 0 Å². The van der Waals surface area contributed by atoms with Crippen molar-refractivity contribution in [3.63, 3.8) is 0 Å². The standard InChI is InChI=1S/C74H140O6/c1-4-7-10-13-16-18-20-22-24-26-28-30-32-34-35-36-37-38-39-40-42-43-45-47-49-51-53-55-58-61-64-67-73(76)79-70-71(69-78-72(75)66-63-60-57-15-12-9-6-3)80-74(77)68-65-62-59-56-54-52-50-48-46-44-41-33-31-29-27-25-23-21-19-17-14-11-8-5-2/h20,22,26,28,71H,4-19,21,23-25,27,29-70H2,1-3H3/b22-20-,28-26-. The van der Waals surface area contributed by atoms with Crippen LogP contribution in [0.25, 0.3) is 0 Å². The number of esters is 3. The second-order valence-electron chi connectivity index (χ2n) is 24.9. The Labute approximate surface area is 500 Å². The van der Waals surface area contributed by atoms with Crippen LogP contribution in [-0.4, -0.2) is 37.2 Å². The van der Waals surface area contributed by atoms with Crippen molar-refractivity contribution in [2.24, 2.45) is 0 Å². The molecule has 0 heterocycles. The Morgan fingerprint density at radius 1 is 0.250 bits per heavy atom. The van der Waals surface area contributed by atoms with Crippen molar-refractivity contribution in [3.8, 4) is 0 Å². The van der Waals surface area contributed by atoms with Crippen LogP contribution in [-0.2, 0) is 28.6 Å². The summed E-state index contributed by atoms with van der Waals surface area (Å²) in [5.74, 6) is -0.839. The van der Waals surface area contributed by atoms with Gasteiger partial charge < -0.3 is 14.2 Å². The number of rotatable bonds is 68. The lowest BCUT2D eigenvalue weighted by atomic mass is 10.0. The monoisotopic (exact) mass is 1130 g/mol. The van der Waals surface area contributed by atoms with Crippen molar-refractivity contribution in [1.29, 1.82) is 0 Å². The molecule has 6 heteroatoms. The van der Waals surface area contributed by atoms with Crippen LogP contribution < -0.4 is 0 Å². The molecule has 0 amide bonds. The number of hydrogen-bond donors (Lipinski definition) is 0. The smallest absolute Gasteiger partial charge is 0.306 e. The van der Waals surface area contributed by atoms with Crippen LogP contribution in [0.2, 0.25) is 0 Å². The van der Waals surface area contributed by atoms with Crippen LogP contribution in [0.15, 0.2) is 24.3 Å². The van der Waals surface area contributed by atoms with Crippen molar-refractivity contribution >= 4 is 17.9 Å². The van der Waals surface area contributed by atoms with Gasteiger partial charge in [-0.2, -0.15) is 0 Å². The summed E-state index contributed by atoms with van der Waals surface area (Å²) in [7, 11) is 0. The van der Waals surface area contributed by atoms with Crippen LogP contribution in [0.1, 0.15) is 412 Å². The molecule has 0 aromatic carbocycles. The lowest BCUT2D eigenvalue weighted by Crippen LogP contribution is -2.30.